The molecule has 0 bridgehead atoms. The highest BCUT2D eigenvalue weighted by Crippen LogP contribution is 2.51. The number of carbonyl (C=O) groups is 3. The Labute approximate surface area is 160 Å². The number of hydrogen-bond donors (Lipinski definition) is 1. The molecule has 4 atom stereocenters. The molecule has 0 radical (unpaired) electrons. The lowest BCUT2D eigenvalue weighted by molar-refractivity contribution is -0.152. The summed E-state index contributed by atoms with van der Waals surface area (Å²) >= 11 is 0. The number of rotatable bonds is 4. The van der Waals surface area contributed by atoms with Gasteiger partial charge >= 0.3 is 5.97 Å². The predicted octanol–water partition coefficient (Wildman–Crippen LogP) is 2.19. The molecule has 1 aromatic heterocycles. The van der Waals surface area contributed by atoms with E-state index in [1.165, 1.54) is 37.6 Å². The van der Waals surface area contributed by atoms with Crippen molar-refractivity contribution in [2.45, 2.75) is 24.9 Å². The molecule has 0 unspecified atom stereocenters. The van der Waals surface area contributed by atoms with E-state index in [0.717, 1.165) is 4.90 Å². The molecule has 146 valence electrons. The maximum Gasteiger partial charge on any atom is 0.326 e. The molecule has 0 spiro atoms. The van der Waals surface area contributed by atoms with Crippen molar-refractivity contribution >= 4 is 23.5 Å². The van der Waals surface area contributed by atoms with E-state index in [1.54, 1.807) is 19.1 Å². The van der Waals surface area contributed by atoms with Crippen LogP contribution in [0.5, 0.6) is 0 Å². The fourth-order valence-corrected chi connectivity index (χ4v) is 4.40. The molecule has 0 aliphatic carbocycles. The van der Waals surface area contributed by atoms with Crippen molar-refractivity contribution in [2.24, 2.45) is 11.8 Å². The van der Waals surface area contributed by atoms with Crippen molar-refractivity contribution in [3.05, 3.63) is 54.2 Å². The summed E-state index contributed by atoms with van der Waals surface area (Å²) in [6.45, 7) is 1.75. The Morgan fingerprint density at radius 2 is 1.96 bits per heavy atom. The first-order chi connectivity index (χ1) is 13.4. The molecule has 8 heteroatoms. The van der Waals surface area contributed by atoms with E-state index in [2.05, 4.69) is 5.32 Å². The topological polar surface area (TPSA) is 88.8 Å². The lowest BCUT2D eigenvalue weighted by Gasteiger charge is -2.31. The first-order valence-corrected chi connectivity index (χ1v) is 8.97. The standard InChI is InChI=1S/C20H19FN2O5/c1-3-20(19(26)27-2)15-14(16(22-20)13-5-4-10-28-13)17(24)23(18(15)25)12-8-6-11(21)7-9-12/h4-10,14-16,22H,3H2,1-2H3/t14-,15-,16-,20-/m0/s1. The summed E-state index contributed by atoms with van der Waals surface area (Å²) in [4.78, 5) is 40.4. The van der Waals surface area contributed by atoms with E-state index in [4.69, 9.17) is 9.15 Å². The van der Waals surface area contributed by atoms with Crippen molar-refractivity contribution in [3.8, 4) is 0 Å². The van der Waals surface area contributed by atoms with Crippen LogP contribution in [-0.4, -0.2) is 30.4 Å². The van der Waals surface area contributed by atoms with Crippen LogP contribution in [0.3, 0.4) is 0 Å². The van der Waals surface area contributed by atoms with Crippen molar-refractivity contribution < 1.29 is 27.9 Å². The fourth-order valence-electron chi connectivity index (χ4n) is 4.40. The Kier molecular flexibility index (Phi) is 4.30. The number of esters is 1. The molecular formula is C20H19FN2O5. The van der Waals surface area contributed by atoms with E-state index in [0.29, 0.717) is 5.76 Å². The van der Waals surface area contributed by atoms with Gasteiger partial charge in [-0.05, 0) is 42.8 Å². The van der Waals surface area contributed by atoms with Gasteiger partial charge in [0.1, 0.15) is 17.1 Å². The van der Waals surface area contributed by atoms with Crippen molar-refractivity contribution in [3.63, 3.8) is 0 Å². The van der Waals surface area contributed by atoms with Crippen LogP contribution in [0.25, 0.3) is 0 Å². The van der Waals surface area contributed by atoms with Crippen molar-refractivity contribution in [2.75, 3.05) is 12.0 Å². The number of carbonyl (C=O) groups excluding carboxylic acids is 3. The third-order valence-corrected chi connectivity index (χ3v) is 5.70. The number of amides is 2. The van der Waals surface area contributed by atoms with Gasteiger partial charge in [-0.15, -0.1) is 0 Å². The minimum Gasteiger partial charge on any atom is -0.468 e. The zero-order valence-electron chi connectivity index (χ0n) is 15.3. The maximum absolute atomic E-state index is 13.3. The summed E-state index contributed by atoms with van der Waals surface area (Å²) < 4.78 is 23.8. The van der Waals surface area contributed by atoms with Gasteiger partial charge in [0.15, 0.2) is 0 Å². The first kappa shape index (κ1) is 18.4. The Balaban J connectivity index is 1.84. The summed E-state index contributed by atoms with van der Waals surface area (Å²) in [7, 11) is 1.25. The van der Waals surface area contributed by atoms with Crippen molar-refractivity contribution in [1.82, 2.24) is 5.32 Å². The molecule has 4 rings (SSSR count). The third-order valence-electron chi connectivity index (χ3n) is 5.70. The number of halogens is 1. The quantitative estimate of drug-likeness (QED) is 0.640. The number of nitrogens with zero attached hydrogens (tertiary/aromatic N) is 1. The van der Waals surface area contributed by atoms with E-state index >= 15 is 0 Å². The summed E-state index contributed by atoms with van der Waals surface area (Å²) in [5.74, 6) is -3.42. The van der Waals surface area contributed by atoms with E-state index in [9.17, 15) is 18.8 Å². The minimum atomic E-state index is -1.36. The van der Waals surface area contributed by atoms with E-state index < -0.39 is 47.0 Å². The van der Waals surface area contributed by atoms with Crippen LogP contribution in [0.4, 0.5) is 10.1 Å². The number of ether oxygens (including phenoxy) is 1. The number of fused-ring (bicyclic) bond motifs is 1. The number of hydrogen-bond acceptors (Lipinski definition) is 6. The number of furan rings is 1. The van der Waals surface area contributed by atoms with Crippen LogP contribution >= 0.6 is 0 Å². The Morgan fingerprint density at radius 3 is 2.54 bits per heavy atom. The zero-order valence-corrected chi connectivity index (χ0v) is 15.3. The average Bonchev–Trinajstić information content (AvgIpc) is 3.39. The molecular weight excluding hydrogens is 367 g/mol. The Hall–Kier alpha value is -3.00. The van der Waals surface area contributed by atoms with Crippen molar-refractivity contribution in [1.29, 1.82) is 0 Å². The van der Waals surface area contributed by atoms with Crippen LogP contribution in [0.1, 0.15) is 25.1 Å². The molecule has 2 aliphatic rings. The molecule has 1 aromatic carbocycles. The normalized spacial score (nSPS) is 29.2. The lowest BCUT2D eigenvalue weighted by atomic mass is 9.78. The highest BCUT2D eigenvalue weighted by Gasteiger charge is 2.68. The van der Waals surface area contributed by atoms with Crippen LogP contribution in [0.15, 0.2) is 47.1 Å². The van der Waals surface area contributed by atoms with Gasteiger partial charge in [0.2, 0.25) is 11.8 Å². The summed E-state index contributed by atoms with van der Waals surface area (Å²) in [5.41, 5.74) is -1.10. The molecule has 2 saturated heterocycles. The fraction of sp³-hybridized carbons (Fsp3) is 0.350. The molecule has 28 heavy (non-hydrogen) atoms. The molecule has 2 amide bonds. The largest absolute Gasteiger partial charge is 0.468 e. The van der Waals surface area contributed by atoms with Gasteiger partial charge in [-0.3, -0.25) is 19.7 Å². The molecule has 2 fully saturated rings. The van der Waals surface area contributed by atoms with Gasteiger partial charge in [0, 0.05) is 0 Å². The smallest absolute Gasteiger partial charge is 0.326 e. The molecule has 2 aliphatic heterocycles. The SMILES string of the molecule is CC[C@]1(C(=O)OC)N[C@@H](c2ccco2)[C@H]2C(=O)N(c3ccc(F)cc3)C(=O)[C@H]21. The molecule has 2 aromatic rings. The predicted molar refractivity (Wildman–Crippen MR) is 95.5 cm³/mol. The second-order valence-electron chi connectivity index (χ2n) is 6.95. The third kappa shape index (κ3) is 2.41. The zero-order chi connectivity index (χ0) is 20.1. The van der Waals surface area contributed by atoms with Crippen LogP contribution in [-0.2, 0) is 19.1 Å². The van der Waals surface area contributed by atoms with Gasteiger partial charge in [-0.1, -0.05) is 6.92 Å². The summed E-state index contributed by atoms with van der Waals surface area (Å²) in [5, 5.41) is 3.15. The van der Waals surface area contributed by atoms with Crippen LogP contribution in [0, 0.1) is 17.7 Å². The van der Waals surface area contributed by atoms with E-state index in [1.807, 2.05) is 0 Å². The van der Waals surface area contributed by atoms with Crippen LogP contribution in [0.2, 0.25) is 0 Å². The summed E-state index contributed by atoms with van der Waals surface area (Å²) in [6.07, 6.45) is 1.71. The van der Waals surface area contributed by atoms with Gasteiger partial charge in [-0.2, -0.15) is 0 Å². The lowest BCUT2D eigenvalue weighted by Crippen LogP contribution is -2.55. The maximum atomic E-state index is 13.3. The number of methoxy groups -OCH3 is 1. The molecule has 0 saturated carbocycles. The minimum absolute atomic E-state index is 0.244. The number of nitrogens with one attached hydrogen (secondary N) is 1. The highest BCUT2D eigenvalue weighted by atomic mass is 19.1. The van der Waals surface area contributed by atoms with E-state index in [-0.39, 0.29) is 12.1 Å². The number of anilines is 1. The van der Waals surface area contributed by atoms with Gasteiger partial charge in [-0.25, -0.2) is 9.29 Å². The van der Waals surface area contributed by atoms with Crippen LogP contribution < -0.4 is 10.2 Å². The molecule has 1 N–H and O–H groups in total. The Bertz CT molecular complexity index is 927. The average molecular weight is 386 g/mol. The second kappa shape index (κ2) is 6.56. The van der Waals surface area contributed by atoms with Gasteiger partial charge < -0.3 is 9.15 Å². The highest BCUT2D eigenvalue weighted by molar-refractivity contribution is 6.24. The number of benzene rings is 1. The first-order valence-electron chi connectivity index (χ1n) is 8.97. The number of imide groups is 1. The summed E-state index contributed by atoms with van der Waals surface area (Å²) in [6, 6.07) is 7.80. The monoisotopic (exact) mass is 386 g/mol. The Morgan fingerprint density at radius 1 is 1.25 bits per heavy atom. The second-order valence-corrected chi connectivity index (χ2v) is 6.95. The molecule has 3 heterocycles. The van der Waals surface area contributed by atoms with Gasteiger partial charge in [0.05, 0.1) is 36.9 Å². The molecule has 7 nitrogen and oxygen atoms in total. The van der Waals surface area contributed by atoms with Gasteiger partial charge in [0.25, 0.3) is 0 Å².